The van der Waals surface area contributed by atoms with Crippen molar-refractivity contribution in [3.05, 3.63) is 73.1 Å². The standard InChI is InChI=1S/2C9H7NO/c11-9-5-1-4-8-7(9)3-2-6-10-8;11-8-5-7-3-1-2-4-9(7)10-6-8/h2*1-6,11H. The van der Waals surface area contributed by atoms with Crippen LogP contribution >= 0.6 is 0 Å². The van der Waals surface area contributed by atoms with Crippen molar-refractivity contribution < 1.29 is 10.2 Å². The molecule has 4 nitrogen and oxygen atoms in total. The fourth-order valence-corrected chi connectivity index (χ4v) is 2.15. The van der Waals surface area contributed by atoms with Crippen molar-refractivity contribution in [2.24, 2.45) is 0 Å². The van der Waals surface area contributed by atoms with Crippen LogP contribution in [0.2, 0.25) is 0 Å². The van der Waals surface area contributed by atoms with E-state index in [1.54, 1.807) is 24.4 Å². The molecule has 2 N–H and O–H groups in total. The Bertz CT molecular complexity index is 911. The second kappa shape index (κ2) is 6.10. The van der Waals surface area contributed by atoms with Gasteiger partial charge in [0.25, 0.3) is 0 Å². The Morgan fingerprint density at radius 1 is 0.727 bits per heavy atom. The molecule has 22 heavy (non-hydrogen) atoms. The van der Waals surface area contributed by atoms with E-state index < -0.39 is 0 Å². The summed E-state index contributed by atoms with van der Waals surface area (Å²) in [5, 5.41) is 20.2. The third-order valence-electron chi connectivity index (χ3n) is 3.20. The maximum Gasteiger partial charge on any atom is 0.134 e. The summed E-state index contributed by atoms with van der Waals surface area (Å²) in [4.78, 5) is 8.11. The zero-order valence-electron chi connectivity index (χ0n) is 11.7. The molecule has 0 aliphatic carbocycles. The Balaban J connectivity index is 0.000000131. The van der Waals surface area contributed by atoms with Gasteiger partial charge >= 0.3 is 0 Å². The number of hydrogen-bond acceptors (Lipinski definition) is 4. The van der Waals surface area contributed by atoms with Crippen LogP contribution < -0.4 is 0 Å². The van der Waals surface area contributed by atoms with Crippen molar-refractivity contribution >= 4 is 21.8 Å². The van der Waals surface area contributed by atoms with E-state index in [1.807, 2.05) is 42.5 Å². The summed E-state index contributed by atoms with van der Waals surface area (Å²) < 4.78 is 0. The molecule has 0 fully saturated rings. The molecule has 0 unspecified atom stereocenters. The molecule has 0 saturated heterocycles. The number of rotatable bonds is 0. The third-order valence-corrected chi connectivity index (χ3v) is 3.20. The van der Waals surface area contributed by atoms with Crippen LogP contribution in [0.15, 0.2) is 73.1 Å². The first-order chi connectivity index (χ1) is 10.7. The van der Waals surface area contributed by atoms with Crippen LogP contribution in [0.1, 0.15) is 0 Å². The number of fused-ring (bicyclic) bond motifs is 2. The fraction of sp³-hybridized carbons (Fsp3) is 0. The lowest BCUT2D eigenvalue weighted by Crippen LogP contribution is -1.75. The van der Waals surface area contributed by atoms with Gasteiger partial charge in [0, 0.05) is 17.0 Å². The van der Waals surface area contributed by atoms with Gasteiger partial charge in [-0.05, 0) is 36.4 Å². The van der Waals surface area contributed by atoms with Crippen LogP contribution in [0.3, 0.4) is 0 Å². The average Bonchev–Trinajstić information content (AvgIpc) is 2.56. The number of phenolic OH excluding ortho intramolecular Hbond substituents is 1. The summed E-state index contributed by atoms with van der Waals surface area (Å²) in [5.41, 5.74) is 1.73. The van der Waals surface area contributed by atoms with Gasteiger partial charge in [0.15, 0.2) is 0 Å². The normalized spacial score (nSPS) is 10.2. The summed E-state index contributed by atoms with van der Waals surface area (Å²) in [6, 6.07) is 18.3. The highest BCUT2D eigenvalue weighted by atomic mass is 16.3. The van der Waals surface area contributed by atoms with E-state index in [4.69, 9.17) is 5.11 Å². The summed E-state index contributed by atoms with van der Waals surface area (Å²) in [6.45, 7) is 0. The molecule has 0 radical (unpaired) electrons. The molecule has 0 saturated carbocycles. The first-order valence-corrected chi connectivity index (χ1v) is 6.80. The highest BCUT2D eigenvalue weighted by Gasteiger charge is 1.96. The van der Waals surface area contributed by atoms with E-state index in [9.17, 15) is 5.11 Å². The molecule has 0 amide bonds. The number of phenols is 1. The molecule has 0 bridgehead atoms. The Hall–Kier alpha value is -3.14. The van der Waals surface area contributed by atoms with Gasteiger partial charge in [0.05, 0.1) is 17.2 Å². The minimum Gasteiger partial charge on any atom is -0.507 e. The van der Waals surface area contributed by atoms with E-state index in [2.05, 4.69) is 9.97 Å². The van der Waals surface area contributed by atoms with Gasteiger partial charge in [-0.3, -0.25) is 9.97 Å². The van der Waals surface area contributed by atoms with Crippen molar-refractivity contribution in [3.63, 3.8) is 0 Å². The van der Waals surface area contributed by atoms with E-state index in [1.165, 1.54) is 6.20 Å². The summed E-state index contributed by atoms with van der Waals surface area (Å²) >= 11 is 0. The lowest BCUT2D eigenvalue weighted by atomic mass is 10.2. The smallest absolute Gasteiger partial charge is 0.134 e. The van der Waals surface area contributed by atoms with Crippen LogP contribution in [-0.2, 0) is 0 Å². The number of pyridine rings is 2. The van der Waals surface area contributed by atoms with Crippen LogP contribution in [-0.4, -0.2) is 20.2 Å². The first kappa shape index (κ1) is 13.8. The van der Waals surface area contributed by atoms with Crippen LogP contribution in [0, 0.1) is 0 Å². The van der Waals surface area contributed by atoms with Crippen molar-refractivity contribution in [3.8, 4) is 11.5 Å². The Morgan fingerprint density at radius 2 is 1.55 bits per heavy atom. The summed E-state index contributed by atoms with van der Waals surface area (Å²) in [6.07, 6.45) is 3.16. The van der Waals surface area contributed by atoms with E-state index in [0.717, 1.165) is 21.8 Å². The second-order valence-corrected chi connectivity index (χ2v) is 4.73. The number of nitrogens with zero attached hydrogens (tertiary/aromatic N) is 2. The maximum atomic E-state index is 9.33. The van der Waals surface area contributed by atoms with Gasteiger partial charge < -0.3 is 10.2 Å². The molecule has 2 heterocycles. The minimum absolute atomic E-state index is 0.212. The van der Waals surface area contributed by atoms with Gasteiger partial charge in [-0.2, -0.15) is 0 Å². The molecule has 0 aliphatic heterocycles. The maximum absolute atomic E-state index is 9.33. The predicted molar refractivity (Wildman–Crippen MR) is 86.8 cm³/mol. The number of aromatic hydroxyl groups is 2. The molecule has 0 spiro atoms. The van der Waals surface area contributed by atoms with Gasteiger partial charge in [0.1, 0.15) is 11.5 Å². The number of hydrogen-bond donors (Lipinski definition) is 2. The average molecular weight is 290 g/mol. The highest BCUT2D eigenvalue weighted by Crippen LogP contribution is 2.21. The molecule has 4 rings (SSSR count). The number of para-hydroxylation sites is 1. The molecule has 4 heteroatoms. The van der Waals surface area contributed by atoms with Gasteiger partial charge in [-0.25, -0.2) is 0 Å². The summed E-state index contributed by atoms with van der Waals surface area (Å²) in [5.74, 6) is 0.499. The molecular formula is C18H14N2O2. The number of benzene rings is 2. The monoisotopic (exact) mass is 290 g/mol. The number of aromatic nitrogens is 2. The van der Waals surface area contributed by atoms with E-state index in [-0.39, 0.29) is 11.5 Å². The van der Waals surface area contributed by atoms with Crippen molar-refractivity contribution in [2.75, 3.05) is 0 Å². The Labute approximate surface area is 127 Å². The molecule has 4 aromatic rings. The summed E-state index contributed by atoms with van der Waals surface area (Å²) in [7, 11) is 0. The van der Waals surface area contributed by atoms with Crippen molar-refractivity contribution in [1.29, 1.82) is 0 Å². The largest absolute Gasteiger partial charge is 0.507 e. The molecule has 0 atom stereocenters. The highest BCUT2D eigenvalue weighted by molar-refractivity contribution is 5.84. The van der Waals surface area contributed by atoms with Crippen LogP contribution in [0.25, 0.3) is 21.8 Å². The van der Waals surface area contributed by atoms with Gasteiger partial charge in [-0.15, -0.1) is 0 Å². The quantitative estimate of drug-likeness (QED) is 0.516. The molecular weight excluding hydrogens is 276 g/mol. The Morgan fingerprint density at radius 3 is 2.41 bits per heavy atom. The fourth-order valence-electron chi connectivity index (χ4n) is 2.15. The zero-order chi connectivity index (χ0) is 15.4. The van der Waals surface area contributed by atoms with Gasteiger partial charge in [0.2, 0.25) is 0 Å². The molecule has 2 aromatic carbocycles. The molecule has 0 aliphatic rings. The Kier molecular flexibility index (Phi) is 3.83. The third kappa shape index (κ3) is 2.96. The van der Waals surface area contributed by atoms with E-state index in [0.29, 0.717) is 0 Å². The second-order valence-electron chi connectivity index (χ2n) is 4.73. The SMILES string of the molecule is Oc1cccc2ncccc12.Oc1cnc2ccccc2c1. The van der Waals surface area contributed by atoms with Crippen molar-refractivity contribution in [1.82, 2.24) is 9.97 Å². The van der Waals surface area contributed by atoms with E-state index >= 15 is 0 Å². The topological polar surface area (TPSA) is 66.2 Å². The molecule has 2 aromatic heterocycles. The lowest BCUT2D eigenvalue weighted by Gasteiger charge is -1.96. The minimum atomic E-state index is 0.212. The first-order valence-electron chi connectivity index (χ1n) is 6.80. The lowest BCUT2D eigenvalue weighted by molar-refractivity contribution is 0.474. The van der Waals surface area contributed by atoms with Crippen LogP contribution in [0.5, 0.6) is 11.5 Å². The van der Waals surface area contributed by atoms with Crippen LogP contribution in [0.4, 0.5) is 0 Å². The van der Waals surface area contributed by atoms with Gasteiger partial charge in [-0.1, -0.05) is 24.3 Å². The molecule has 108 valence electrons. The predicted octanol–water partition coefficient (Wildman–Crippen LogP) is 3.88. The van der Waals surface area contributed by atoms with Crippen molar-refractivity contribution in [2.45, 2.75) is 0 Å². The zero-order valence-corrected chi connectivity index (χ0v) is 11.7.